The fourth-order valence-corrected chi connectivity index (χ4v) is 3.08. The van der Waals surface area contributed by atoms with E-state index in [9.17, 15) is 0 Å². The zero-order valence-corrected chi connectivity index (χ0v) is 12.2. The lowest BCUT2D eigenvalue weighted by Crippen LogP contribution is -2.26. The molecule has 1 aromatic carbocycles. The summed E-state index contributed by atoms with van der Waals surface area (Å²) in [4.78, 5) is 6.81. The van der Waals surface area contributed by atoms with Gasteiger partial charge in [0, 0.05) is 36.1 Å². The van der Waals surface area contributed by atoms with E-state index in [4.69, 9.17) is 0 Å². The predicted octanol–water partition coefficient (Wildman–Crippen LogP) is 3.52. The molecule has 1 aliphatic rings. The number of pyridine rings is 1. The molecular weight excluding hydrogens is 246 g/mol. The van der Waals surface area contributed by atoms with Gasteiger partial charge in [-0.2, -0.15) is 0 Å². The topological polar surface area (TPSA) is 28.2 Å². The zero-order chi connectivity index (χ0) is 13.8. The van der Waals surface area contributed by atoms with Gasteiger partial charge in [0.15, 0.2) is 0 Å². The summed E-state index contributed by atoms with van der Waals surface area (Å²) in [5.41, 5.74) is 1.23. The molecule has 1 unspecified atom stereocenters. The third kappa shape index (κ3) is 2.93. The summed E-state index contributed by atoms with van der Waals surface area (Å²) in [5, 5.41) is 6.23. The number of rotatable bonds is 3. The number of hydrogen-bond donors (Lipinski definition) is 1. The molecule has 1 fully saturated rings. The molecule has 3 heteroatoms. The van der Waals surface area contributed by atoms with Gasteiger partial charge in [-0.1, -0.05) is 19.1 Å². The van der Waals surface area contributed by atoms with Gasteiger partial charge in [-0.25, -0.2) is 0 Å². The maximum absolute atomic E-state index is 4.26. The van der Waals surface area contributed by atoms with Gasteiger partial charge in [-0.05, 0) is 49.9 Å². The standard InChI is InChI=1S/C17H23N3/c1-2-20-11-4-6-15(9-12-20)19-17-7-3-5-14-8-10-18-13-16(14)17/h3,5,7-8,10,13,15,19H,2,4,6,9,11-12H2,1H3. The van der Waals surface area contributed by atoms with E-state index >= 15 is 0 Å². The van der Waals surface area contributed by atoms with Crippen LogP contribution in [0.4, 0.5) is 5.69 Å². The molecule has 1 N–H and O–H groups in total. The smallest absolute Gasteiger partial charge is 0.0437 e. The summed E-state index contributed by atoms with van der Waals surface area (Å²) in [7, 11) is 0. The second-order valence-corrected chi connectivity index (χ2v) is 5.61. The first kappa shape index (κ1) is 13.4. The van der Waals surface area contributed by atoms with Crippen molar-refractivity contribution in [1.29, 1.82) is 0 Å². The summed E-state index contributed by atoms with van der Waals surface area (Å²) >= 11 is 0. The number of fused-ring (bicyclic) bond motifs is 1. The van der Waals surface area contributed by atoms with Gasteiger partial charge in [0.2, 0.25) is 0 Å². The number of nitrogens with one attached hydrogen (secondary N) is 1. The fourth-order valence-electron chi connectivity index (χ4n) is 3.08. The largest absolute Gasteiger partial charge is 0.382 e. The molecule has 1 aliphatic heterocycles. The molecule has 20 heavy (non-hydrogen) atoms. The number of hydrogen-bond acceptors (Lipinski definition) is 3. The van der Waals surface area contributed by atoms with E-state index < -0.39 is 0 Å². The lowest BCUT2D eigenvalue weighted by Gasteiger charge is -2.20. The maximum Gasteiger partial charge on any atom is 0.0437 e. The Labute approximate surface area is 121 Å². The molecular formula is C17H23N3. The van der Waals surface area contributed by atoms with E-state index in [-0.39, 0.29) is 0 Å². The molecule has 0 radical (unpaired) electrons. The molecule has 1 saturated heterocycles. The second kappa shape index (κ2) is 6.23. The fraction of sp³-hybridized carbons (Fsp3) is 0.471. The Morgan fingerprint density at radius 2 is 2.20 bits per heavy atom. The van der Waals surface area contributed by atoms with E-state index in [1.54, 1.807) is 0 Å². The summed E-state index contributed by atoms with van der Waals surface area (Å²) < 4.78 is 0. The van der Waals surface area contributed by atoms with Crippen LogP contribution in [0.2, 0.25) is 0 Å². The van der Waals surface area contributed by atoms with Crippen molar-refractivity contribution in [3.05, 3.63) is 36.7 Å². The van der Waals surface area contributed by atoms with Crippen LogP contribution >= 0.6 is 0 Å². The monoisotopic (exact) mass is 269 g/mol. The lowest BCUT2D eigenvalue weighted by atomic mass is 10.1. The van der Waals surface area contributed by atoms with Crippen molar-refractivity contribution in [3.63, 3.8) is 0 Å². The molecule has 106 valence electrons. The molecule has 0 spiro atoms. The van der Waals surface area contributed by atoms with Crippen LogP contribution in [-0.2, 0) is 0 Å². The van der Waals surface area contributed by atoms with Gasteiger partial charge in [0.25, 0.3) is 0 Å². The first-order valence-electron chi connectivity index (χ1n) is 7.68. The van der Waals surface area contributed by atoms with Gasteiger partial charge in [-0.3, -0.25) is 4.98 Å². The molecule has 1 aromatic heterocycles. The minimum absolute atomic E-state index is 0.581. The number of aromatic nitrogens is 1. The van der Waals surface area contributed by atoms with Crippen LogP contribution in [0.1, 0.15) is 26.2 Å². The summed E-state index contributed by atoms with van der Waals surface area (Å²) in [6.07, 6.45) is 7.59. The highest BCUT2D eigenvalue weighted by Gasteiger charge is 2.16. The van der Waals surface area contributed by atoms with Crippen LogP contribution in [-0.4, -0.2) is 35.6 Å². The average Bonchev–Trinajstić information content (AvgIpc) is 2.73. The quantitative estimate of drug-likeness (QED) is 0.924. The van der Waals surface area contributed by atoms with Crippen LogP contribution in [0.3, 0.4) is 0 Å². The highest BCUT2D eigenvalue weighted by atomic mass is 15.1. The van der Waals surface area contributed by atoms with Gasteiger partial charge in [0.05, 0.1) is 0 Å². The van der Waals surface area contributed by atoms with Crippen LogP contribution in [0.25, 0.3) is 10.8 Å². The first-order valence-corrected chi connectivity index (χ1v) is 7.68. The van der Waals surface area contributed by atoms with Crippen LogP contribution in [0, 0.1) is 0 Å². The predicted molar refractivity (Wildman–Crippen MR) is 85.1 cm³/mol. The SMILES string of the molecule is CCN1CCCC(Nc2cccc3ccncc23)CC1. The molecule has 3 rings (SSSR count). The van der Waals surface area contributed by atoms with E-state index in [0.29, 0.717) is 6.04 Å². The Kier molecular flexibility index (Phi) is 4.16. The van der Waals surface area contributed by atoms with Crippen molar-refractivity contribution >= 4 is 16.5 Å². The normalized spacial score (nSPS) is 20.8. The van der Waals surface area contributed by atoms with Crippen molar-refractivity contribution in [2.45, 2.75) is 32.2 Å². The lowest BCUT2D eigenvalue weighted by molar-refractivity contribution is 0.300. The Hall–Kier alpha value is -1.61. The van der Waals surface area contributed by atoms with Crippen molar-refractivity contribution in [2.75, 3.05) is 25.0 Å². The summed E-state index contributed by atoms with van der Waals surface area (Å²) in [5.74, 6) is 0. The Bertz CT molecular complexity index is 562. The summed E-state index contributed by atoms with van der Waals surface area (Å²) in [6.45, 7) is 5.87. The van der Waals surface area contributed by atoms with Crippen molar-refractivity contribution < 1.29 is 0 Å². The molecule has 3 nitrogen and oxygen atoms in total. The molecule has 0 saturated carbocycles. The summed E-state index contributed by atoms with van der Waals surface area (Å²) in [6, 6.07) is 9.10. The highest BCUT2D eigenvalue weighted by Crippen LogP contribution is 2.24. The number of nitrogens with zero attached hydrogens (tertiary/aromatic N) is 2. The number of benzene rings is 1. The molecule has 0 aliphatic carbocycles. The first-order chi connectivity index (χ1) is 9.86. The minimum Gasteiger partial charge on any atom is -0.382 e. The molecule has 0 bridgehead atoms. The highest BCUT2D eigenvalue weighted by molar-refractivity contribution is 5.93. The Balaban J connectivity index is 1.76. The maximum atomic E-state index is 4.26. The van der Waals surface area contributed by atoms with E-state index in [1.165, 1.54) is 55.4 Å². The van der Waals surface area contributed by atoms with Crippen molar-refractivity contribution in [2.24, 2.45) is 0 Å². The van der Waals surface area contributed by atoms with Crippen molar-refractivity contribution in [1.82, 2.24) is 9.88 Å². The van der Waals surface area contributed by atoms with E-state index in [2.05, 4.69) is 46.4 Å². The number of anilines is 1. The van der Waals surface area contributed by atoms with Gasteiger partial charge >= 0.3 is 0 Å². The van der Waals surface area contributed by atoms with Crippen LogP contribution < -0.4 is 5.32 Å². The molecule has 0 amide bonds. The molecule has 2 aromatic rings. The van der Waals surface area contributed by atoms with Gasteiger partial charge in [-0.15, -0.1) is 0 Å². The van der Waals surface area contributed by atoms with E-state index in [1.807, 2.05) is 12.4 Å². The van der Waals surface area contributed by atoms with Crippen LogP contribution in [0.5, 0.6) is 0 Å². The van der Waals surface area contributed by atoms with Gasteiger partial charge in [0.1, 0.15) is 0 Å². The van der Waals surface area contributed by atoms with E-state index in [0.717, 1.165) is 0 Å². The number of likely N-dealkylation sites (tertiary alicyclic amines) is 1. The Morgan fingerprint density at radius 1 is 1.25 bits per heavy atom. The molecule has 1 atom stereocenters. The Morgan fingerprint density at radius 3 is 3.10 bits per heavy atom. The third-order valence-corrected chi connectivity index (χ3v) is 4.31. The minimum atomic E-state index is 0.581. The second-order valence-electron chi connectivity index (χ2n) is 5.61. The third-order valence-electron chi connectivity index (χ3n) is 4.31. The molecule has 2 heterocycles. The van der Waals surface area contributed by atoms with Gasteiger partial charge < -0.3 is 10.2 Å². The average molecular weight is 269 g/mol. The van der Waals surface area contributed by atoms with Crippen LogP contribution in [0.15, 0.2) is 36.7 Å². The zero-order valence-electron chi connectivity index (χ0n) is 12.2. The van der Waals surface area contributed by atoms with Crippen molar-refractivity contribution in [3.8, 4) is 0 Å².